The third-order valence-electron chi connectivity index (χ3n) is 6.05. The number of esters is 1. The molecule has 0 radical (unpaired) electrons. The van der Waals surface area contributed by atoms with Crippen LogP contribution in [0.4, 0.5) is 0 Å². The number of nitrogens with one attached hydrogen (secondary N) is 3. The molecule has 2 aliphatic heterocycles. The minimum atomic E-state index is -1.44. The van der Waals surface area contributed by atoms with Gasteiger partial charge in [0.2, 0.25) is 0 Å². The number of hydrogen-bond donors (Lipinski definition) is 6. The number of hydrogen-bond acceptors (Lipinski definition) is 18. The van der Waals surface area contributed by atoms with Crippen molar-refractivity contribution in [2.24, 2.45) is 15.2 Å². The number of rotatable bonds is 15. The molecule has 23 nitrogen and oxygen atoms in total. The summed E-state index contributed by atoms with van der Waals surface area (Å²) in [5.74, 6) is -4.25. The lowest BCUT2D eigenvalue weighted by molar-refractivity contribution is -0.209. The average Bonchev–Trinajstić information content (AvgIpc) is 3.80. The topological polar surface area (TPSA) is 321 Å². The van der Waals surface area contributed by atoms with E-state index < -0.39 is 46.7 Å². The number of aromatic amines is 1. The van der Waals surface area contributed by atoms with Gasteiger partial charge in [-0.3, -0.25) is 19.1 Å². The molecule has 0 spiro atoms. The van der Waals surface area contributed by atoms with Gasteiger partial charge in [0.15, 0.2) is 23.9 Å². The molecule has 6 N–H and O–H groups in total. The lowest BCUT2D eigenvalue weighted by Gasteiger charge is -2.36. The van der Waals surface area contributed by atoms with Gasteiger partial charge in [0.25, 0.3) is 0 Å². The normalized spacial score (nSPS) is 13.2. The van der Waals surface area contributed by atoms with Crippen molar-refractivity contribution in [3.8, 4) is 0 Å². The molecule has 2 aliphatic rings. The number of amidine groups is 1. The predicted molar refractivity (Wildman–Crippen MR) is 228 cm³/mol. The number of carboxylic acids is 2. The molecule has 1 aromatic rings. The second-order valence-corrected chi connectivity index (χ2v) is 15.1. The molecular weight excluding hydrogens is 822 g/mol. The Labute approximate surface area is 365 Å². The minimum absolute atomic E-state index is 0. The molecule has 362 valence electrons. The van der Waals surface area contributed by atoms with Gasteiger partial charge in [-0.2, -0.15) is 5.11 Å². The van der Waals surface area contributed by atoms with E-state index >= 15 is 0 Å². The van der Waals surface area contributed by atoms with Gasteiger partial charge in [0.1, 0.15) is 18.8 Å². The van der Waals surface area contributed by atoms with Crippen LogP contribution in [0.25, 0.3) is 0 Å². The van der Waals surface area contributed by atoms with Gasteiger partial charge in [0.05, 0.1) is 50.8 Å². The molecule has 0 aromatic carbocycles. The van der Waals surface area contributed by atoms with Crippen molar-refractivity contribution in [3.63, 3.8) is 0 Å². The third kappa shape index (κ3) is 38.3. The number of carbonyl (C=O) groups is 5. The molecule has 1 saturated heterocycles. The molecule has 3 heterocycles. The van der Waals surface area contributed by atoms with Crippen molar-refractivity contribution in [3.05, 3.63) is 16.4 Å². The summed E-state index contributed by atoms with van der Waals surface area (Å²) < 4.78 is 34.3. The van der Waals surface area contributed by atoms with Crippen molar-refractivity contribution >= 4 is 35.6 Å². The Kier molecular flexibility index (Phi) is 36.0. The van der Waals surface area contributed by atoms with Crippen LogP contribution in [0.3, 0.4) is 0 Å². The highest BCUT2D eigenvalue weighted by molar-refractivity contribution is 6.32. The third-order valence-corrected chi connectivity index (χ3v) is 6.05. The average molecular weight is 898 g/mol. The molecule has 0 unspecified atom stereocenters. The first-order valence-electron chi connectivity index (χ1n) is 19.6. The second kappa shape index (κ2) is 34.9. The van der Waals surface area contributed by atoms with Crippen molar-refractivity contribution < 1.29 is 72.2 Å². The van der Waals surface area contributed by atoms with E-state index in [0.717, 1.165) is 0 Å². The molecule has 0 bridgehead atoms. The first kappa shape index (κ1) is 64.0. The Balaban J connectivity index is -0.000000325. The lowest BCUT2D eigenvalue weighted by atomic mass is 10.0. The van der Waals surface area contributed by atoms with Crippen molar-refractivity contribution in [1.82, 2.24) is 20.8 Å². The van der Waals surface area contributed by atoms with Crippen molar-refractivity contribution in [2.75, 3.05) is 39.7 Å². The predicted octanol–water partition coefficient (Wildman–Crippen LogP) is 3.27. The van der Waals surface area contributed by atoms with E-state index in [9.17, 15) is 33.9 Å². The summed E-state index contributed by atoms with van der Waals surface area (Å²) >= 11 is 0. The SMILES string of the molecule is C.CC(C)NC(=O)C(=O)O.CC(C)OC(C)(C)C(=O)O.CC(C)OCC1(O)COC1.CC(C)OCC1=NCN=N1.CC(C)OCc1noc(=O)[nH]1.CCOC(=O)C(=O)NC(C)C. The summed E-state index contributed by atoms with van der Waals surface area (Å²) in [6.07, 6.45) is 0.490. The molecule has 3 rings (SSSR count). The van der Waals surface area contributed by atoms with Crippen LogP contribution in [0.1, 0.15) is 117 Å². The number of H-pyrrole nitrogens is 1. The Hall–Kier alpha value is -4.68. The molecule has 0 atom stereocenters. The smallest absolute Gasteiger partial charge is 0.438 e. The number of aliphatic imine (C=N–C) groups is 1. The van der Waals surface area contributed by atoms with Gasteiger partial charge in [-0.15, -0.1) is 5.11 Å². The Bertz CT molecular complexity index is 1520. The lowest BCUT2D eigenvalue weighted by Crippen LogP contribution is -2.53. The van der Waals surface area contributed by atoms with Crippen molar-refractivity contribution in [2.45, 2.75) is 166 Å². The molecule has 1 fully saturated rings. The van der Waals surface area contributed by atoms with Crippen LogP contribution in [0.2, 0.25) is 0 Å². The van der Waals surface area contributed by atoms with Gasteiger partial charge in [0, 0.05) is 12.1 Å². The summed E-state index contributed by atoms with van der Waals surface area (Å²) in [7, 11) is 0. The highest BCUT2D eigenvalue weighted by Crippen LogP contribution is 2.17. The molecule has 0 saturated carbocycles. The number of azo groups is 1. The number of aromatic nitrogens is 2. The number of aliphatic hydroxyl groups is 1. The highest BCUT2D eigenvalue weighted by atomic mass is 16.6. The monoisotopic (exact) mass is 898 g/mol. The molecule has 62 heavy (non-hydrogen) atoms. The molecule has 23 heteroatoms. The molecule has 0 aliphatic carbocycles. The number of carboxylic acid groups (broad SMARTS) is 2. The van der Waals surface area contributed by atoms with Crippen LogP contribution < -0.4 is 16.4 Å². The Morgan fingerprint density at radius 3 is 1.61 bits per heavy atom. The van der Waals surface area contributed by atoms with Gasteiger partial charge < -0.3 is 54.4 Å². The van der Waals surface area contributed by atoms with E-state index in [1.165, 1.54) is 13.8 Å². The zero-order valence-electron chi connectivity index (χ0n) is 38.4. The number of amides is 2. The van der Waals surface area contributed by atoms with E-state index in [4.69, 9.17) is 33.9 Å². The first-order chi connectivity index (χ1) is 28.1. The van der Waals surface area contributed by atoms with Crippen LogP contribution in [0, 0.1) is 0 Å². The Morgan fingerprint density at radius 2 is 1.31 bits per heavy atom. The summed E-state index contributed by atoms with van der Waals surface area (Å²) in [5.41, 5.74) is -1.75. The number of carbonyl (C=O) groups excluding carboxylic acids is 3. The largest absolute Gasteiger partial charge is 0.479 e. The van der Waals surface area contributed by atoms with Crippen LogP contribution in [-0.2, 0) is 59.0 Å². The minimum Gasteiger partial charge on any atom is -0.479 e. The van der Waals surface area contributed by atoms with Crippen LogP contribution >= 0.6 is 0 Å². The first-order valence-corrected chi connectivity index (χ1v) is 19.6. The highest BCUT2D eigenvalue weighted by Gasteiger charge is 2.36. The van der Waals surface area contributed by atoms with E-state index in [1.54, 1.807) is 34.6 Å². The van der Waals surface area contributed by atoms with Crippen LogP contribution in [-0.4, -0.2) is 148 Å². The maximum Gasteiger partial charge on any atom is 0.438 e. The van der Waals surface area contributed by atoms with Gasteiger partial charge in [-0.1, -0.05) is 12.6 Å². The standard InChI is InChI=1S/C7H13NO3.2C7H14O3.C6H11N3O.C6H10N2O3.C5H9NO3.CH4/c1-4-11-7(10)6(9)8-5(2)3;1-6(2)10-5-7(8)3-9-4-7;1-5(2)10-7(3,4)6(8)9;1-5(2)10-3-6-7-4-8-9-6;1-4(2)10-3-5-7-6(9)11-8-5;1-3(2)6-4(7)5(8)9;/h5H,4H2,1-3H3,(H,8,9);6,8H,3-5H2,1-2H3;5H,1-4H3,(H,8,9);5H,3-4H2,1-2H3;4H,3H2,1-2H3,(H,7,8,9);3H,1-2H3,(H,6,7)(H,8,9);1H4. The number of aliphatic carboxylic acids is 2. The van der Waals surface area contributed by atoms with E-state index in [1.807, 2.05) is 55.4 Å². The summed E-state index contributed by atoms with van der Waals surface area (Å²) in [5, 5.41) is 41.5. The van der Waals surface area contributed by atoms with Crippen molar-refractivity contribution in [1.29, 1.82) is 0 Å². The molecule has 1 aromatic heterocycles. The van der Waals surface area contributed by atoms with Gasteiger partial charge in [-0.25, -0.2) is 24.2 Å². The van der Waals surface area contributed by atoms with E-state index in [0.29, 0.717) is 44.8 Å². The quantitative estimate of drug-likeness (QED) is 0.109. The van der Waals surface area contributed by atoms with Crippen LogP contribution in [0.5, 0.6) is 0 Å². The van der Waals surface area contributed by atoms with Gasteiger partial charge >= 0.3 is 35.5 Å². The second-order valence-electron chi connectivity index (χ2n) is 15.1. The number of nitrogens with zero attached hydrogens (tertiary/aromatic N) is 4. The fraction of sp³-hybridized carbons (Fsp3) is 0.795. The maximum atomic E-state index is 10.8. The van der Waals surface area contributed by atoms with E-state index in [2.05, 4.69) is 45.3 Å². The fourth-order valence-electron chi connectivity index (χ4n) is 3.37. The molecular formula is C39H75N7O16. The number of ether oxygens (including phenoxy) is 6. The summed E-state index contributed by atoms with van der Waals surface area (Å²) in [4.78, 5) is 68.6. The summed E-state index contributed by atoms with van der Waals surface area (Å²) in [6.45, 7) is 29.6. The van der Waals surface area contributed by atoms with E-state index in [-0.39, 0.29) is 57.1 Å². The zero-order chi connectivity index (χ0) is 47.9. The zero-order valence-corrected chi connectivity index (χ0v) is 38.4. The Morgan fingerprint density at radius 1 is 0.806 bits per heavy atom. The molecule has 2 amide bonds. The van der Waals surface area contributed by atoms with Gasteiger partial charge in [-0.05, 0) is 104 Å². The fourth-order valence-corrected chi connectivity index (χ4v) is 3.37. The van der Waals surface area contributed by atoms with Crippen LogP contribution in [0.15, 0.2) is 24.5 Å². The maximum absolute atomic E-state index is 10.8. The summed E-state index contributed by atoms with van der Waals surface area (Å²) in [6, 6.07) is -0.152.